The van der Waals surface area contributed by atoms with Crippen molar-refractivity contribution in [3.63, 3.8) is 0 Å². The molecule has 0 unspecified atom stereocenters. The quantitative estimate of drug-likeness (QED) is 0.491. The third-order valence-electron chi connectivity index (χ3n) is 2.74. The third kappa shape index (κ3) is 4.37. The number of halogens is 2. The van der Waals surface area contributed by atoms with Crippen LogP contribution >= 0.6 is 24.0 Å². The Labute approximate surface area is 137 Å². The summed E-state index contributed by atoms with van der Waals surface area (Å²) in [6.45, 7) is 0.125. The van der Waals surface area contributed by atoms with Gasteiger partial charge in [0.15, 0.2) is 5.96 Å². The number of guanidine groups is 1. The van der Waals surface area contributed by atoms with Gasteiger partial charge in [0.25, 0.3) is 5.91 Å². The van der Waals surface area contributed by atoms with Crippen LogP contribution in [0.15, 0.2) is 29.3 Å². The summed E-state index contributed by atoms with van der Waals surface area (Å²) in [7, 11) is 0. The number of hydrogen-bond acceptors (Lipinski definition) is 3. The first-order valence-electron chi connectivity index (χ1n) is 6.14. The number of carbonyl (C=O) groups is 2. The lowest BCUT2D eigenvalue weighted by atomic mass is 10.2. The van der Waals surface area contributed by atoms with E-state index in [0.29, 0.717) is 10.7 Å². The number of nitrogens with zero attached hydrogens (tertiary/aromatic N) is 1. The van der Waals surface area contributed by atoms with Gasteiger partial charge in [-0.1, -0.05) is 17.7 Å². The number of aliphatic imine (C=N–C) groups is 1. The van der Waals surface area contributed by atoms with E-state index in [1.165, 1.54) is 0 Å². The van der Waals surface area contributed by atoms with Crippen LogP contribution in [0.1, 0.15) is 16.9 Å². The highest BCUT2D eigenvalue weighted by atomic mass is 35.5. The highest BCUT2D eigenvalue weighted by Gasteiger charge is 2.11. The Bertz CT molecular complexity index is 726. The number of benzene rings is 1. The standard InChI is InChI=1S/C13H14ClN5O2.ClH/c14-8-2-1-3-9-7(8)6-10(18-9)12(21)19-13(16)17-5-4-11(15)20;/h1-3,6,18H,4-5H2,(H2,15,20)(H3,16,17,19,21);1H. The van der Waals surface area contributed by atoms with Crippen LogP contribution in [0.5, 0.6) is 0 Å². The normalized spacial score (nSPS) is 11.0. The predicted octanol–water partition coefficient (Wildman–Crippen LogP) is 1.16. The van der Waals surface area contributed by atoms with Crippen molar-refractivity contribution in [3.8, 4) is 0 Å². The lowest BCUT2D eigenvalue weighted by Gasteiger charge is -2.02. The van der Waals surface area contributed by atoms with E-state index in [4.69, 9.17) is 23.1 Å². The number of H-pyrrole nitrogens is 1. The molecule has 0 saturated carbocycles. The molecule has 0 saturated heterocycles. The van der Waals surface area contributed by atoms with Crippen molar-refractivity contribution in [1.82, 2.24) is 10.3 Å². The van der Waals surface area contributed by atoms with Crippen molar-refractivity contribution in [3.05, 3.63) is 35.0 Å². The zero-order valence-electron chi connectivity index (χ0n) is 11.4. The van der Waals surface area contributed by atoms with Crippen LogP contribution in [0.25, 0.3) is 10.9 Å². The van der Waals surface area contributed by atoms with Crippen molar-refractivity contribution in [1.29, 1.82) is 0 Å². The molecule has 0 bridgehead atoms. The smallest absolute Gasteiger partial charge is 0.274 e. The van der Waals surface area contributed by atoms with Gasteiger partial charge < -0.3 is 16.5 Å². The summed E-state index contributed by atoms with van der Waals surface area (Å²) >= 11 is 6.04. The highest BCUT2D eigenvalue weighted by Crippen LogP contribution is 2.23. The number of carbonyl (C=O) groups excluding carboxylic acids is 2. The van der Waals surface area contributed by atoms with Gasteiger partial charge in [0.1, 0.15) is 5.69 Å². The molecule has 2 aromatic rings. The second kappa shape index (κ2) is 7.67. The molecule has 9 heteroatoms. The van der Waals surface area contributed by atoms with Crippen molar-refractivity contribution >= 4 is 52.7 Å². The fourth-order valence-electron chi connectivity index (χ4n) is 1.75. The molecular formula is C13H15Cl2N5O2. The molecule has 0 aliphatic carbocycles. The summed E-state index contributed by atoms with van der Waals surface area (Å²) in [5, 5.41) is 3.70. The van der Waals surface area contributed by atoms with Crippen LogP contribution < -0.4 is 16.8 Å². The SMILES string of the molecule is Cl.NC(=O)CCN=C(N)NC(=O)c1cc2c(Cl)cccc2[nH]1. The van der Waals surface area contributed by atoms with Crippen LogP contribution in [0.3, 0.4) is 0 Å². The van der Waals surface area contributed by atoms with Crippen molar-refractivity contribution in [2.45, 2.75) is 6.42 Å². The van der Waals surface area contributed by atoms with E-state index < -0.39 is 11.8 Å². The zero-order valence-corrected chi connectivity index (χ0v) is 13.0. The fourth-order valence-corrected chi connectivity index (χ4v) is 1.98. The Morgan fingerprint density at radius 3 is 2.68 bits per heavy atom. The molecule has 118 valence electrons. The largest absolute Gasteiger partial charge is 0.370 e. The van der Waals surface area contributed by atoms with Gasteiger partial charge in [-0.25, -0.2) is 0 Å². The van der Waals surface area contributed by atoms with Crippen molar-refractivity contribution < 1.29 is 9.59 Å². The molecule has 7 nitrogen and oxygen atoms in total. The van der Waals surface area contributed by atoms with Crippen LogP contribution in [0, 0.1) is 0 Å². The molecule has 0 atom stereocenters. The Hall–Kier alpha value is -2.25. The average Bonchev–Trinajstić information content (AvgIpc) is 2.83. The first-order valence-corrected chi connectivity index (χ1v) is 6.52. The van der Waals surface area contributed by atoms with Gasteiger partial charge in [-0.2, -0.15) is 0 Å². The number of nitrogens with two attached hydrogens (primary N) is 2. The number of nitrogens with one attached hydrogen (secondary N) is 2. The van der Waals surface area contributed by atoms with Crippen LogP contribution in [-0.4, -0.2) is 29.3 Å². The maximum Gasteiger partial charge on any atom is 0.274 e. The van der Waals surface area contributed by atoms with E-state index in [1.807, 2.05) is 6.07 Å². The van der Waals surface area contributed by atoms with Gasteiger partial charge in [0.2, 0.25) is 5.91 Å². The number of aromatic amines is 1. The summed E-state index contributed by atoms with van der Waals surface area (Å²) < 4.78 is 0. The molecule has 2 amide bonds. The van der Waals surface area contributed by atoms with Crippen molar-refractivity contribution in [2.24, 2.45) is 16.5 Å². The minimum Gasteiger partial charge on any atom is -0.370 e. The minimum absolute atomic E-state index is 0. The Morgan fingerprint density at radius 2 is 2.05 bits per heavy atom. The monoisotopic (exact) mass is 343 g/mol. The average molecular weight is 344 g/mol. The van der Waals surface area contributed by atoms with Crippen molar-refractivity contribution in [2.75, 3.05) is 6.54 Å². The summed E-state index contributed by atoms with van der Waals surface area (Å²) in [4.78, 5) is 29.3. The molecule has 1 aromatic carbocycles. The molecule has 0 aliphatic rings. The number of aromatic nitrogens is 1. The van der Waals surface area contributed by atoms with Gasteiger partial charge in [-0.05, 0) is 18.2 Å². The molecule has 2 rings (SSSR count). The molecule has 22 heavy (non-hydrogen) atoms. The summed E-state index contributed by atoms with van der Waals surface area (Å²) in [6.07, 6.45) is 0.0680. The van der Waals surface area contributed by atoms with E-state index in [0.717, 1.165) is 10.9 Å². The first-order chi connectivity index (χ1) is 9.97. The summed E-state index contributed by atoms with van der Waals surface area (Å²) in [5.41, 5.74) is 11.6. The predicted molar refractivity (Wildman–Crippen MR) is 88.3 cm³/mol. The third-order valence-corrected chi connectivity index (χ3v) is 3.07. The second-order valence-electron chi connectivity index (χ2n) is 4.32. The molecular weight excluding hydrogens is 329 g/mol. The van der Waals surface area contributed by atoms with Crippen LogP contribution in [0.2, 0.25) is 5.02 Å². The molecule has 0 radical (unpaired) electrons. The zero-order chi connectivity index (χ0) is 15.4. The van der Waals surface area contributed by atoms with E-state index >= 15 is 0 Å². The summed E-state index contributed by atoms with van der Waals surface area (Å²) in [5.74, 6) is -1.00. The molecule has 0 fully saturated rings. The van der Waals surface area contributed by atoms with E-state index in [-0.39, 0.29) is 31.3 Å². The van der Waals surface area contributed by atoms with Gasteiger partial charge in [0, 0.05) is 22.3 Å². The van der Waals surface area contributed by atoms with E-state index in [2.05, 4.69) is 15.3 Å². The maximum atomic E-state index is 12.0. The summed E-state index contributed by atoms with van der Waals surface area (Å²) in [6, 6.07) is 6.95. The molecule has 1 heterocycles. The van der Waals surface area contributed by atoms with Crippen LogP contribution in [-0.2, 0) is 4.79 Å². The Morgan fingerprint density at radius 1 is 1.32 bits per heavy atom. The van der Waals surface area contributed by atoms with Crippen LogP contribution in [0.4, 0.5) is 0 Å². The number of amides is 2. The number of fused-ring (bicyclic) bond motifs is 1. The van der Waals surface area contributed by atoms with E-state index in [1.54, 1.807) is 18.2 Å². The van der Waals surface area contributed by atoms with Gasteiger partial charge >= 0.3 is 0 Å². The Balaban J connectivity index is 0.00000242. The fraction of sp³-hybridized carbons (Fsp3) is 0.154. The van der Waals surface area contributed by atoms with E-state index in [9.17, 15) is 9.59 Å². The van der Waals surface area contributed by atoms with Gasteiger partial charge in [-0.15, -0.1) is 12.4 Å². The first kappa shape index (κ1) is 17.8. The molecule has 0 spiro atoms. The maximum absolute atomic E-state index is 12.0. The molecule has 6 N–H and O–H groups in total. The lowest BCUT2D eigenvalue weighted by molar-refractivity contribution is -0.117. The van der Waals surface area contributed by atoms with Gasteiger partial charge in [-0.3, -0.25) is 19.9 Å². The topological polar surface area (TPSA) is 126 Å². The highest BCUT2D eigenvalue weighted by molar-refractivity contribution is 6.35. The number of hydrogen-bond donors (Lipinski definition) is 4. The molecule has 1 aromatic heterocycles. The number of rotatable bonds is 4. The minimum atomic E-state index is -0.483. The second-order valence-corrected chi connectivity index (χ2v) is 4.73. The van der Waals surface area contributed by atoms with Gasteiger partial charge in [0.05, 0.1) is 6.54 Å². The lowest BCUT2D eigenvalue weighted by Crippen LogP contribution is -2.37. The molecule has 0 aliphatic heterocycles. The Kier molecular flexibility index (Phi) is 6.21. The number of primary amides is 1.